The molecular formula is C20H24N2O6S2. The molecule has 162 valence electrons. The van der Waals surface area contributed by atoms with Gasteiger partial charge in [-0.25, -0.2) is 9.59 Å². The first-order chi connectivity index (χ1) is 14.4. The average molecular weight is 453 g/mol. The van der Waals surface area contributed by atoms with Crippen molar-refractivity contribution in [1.29, 1.82) is 0 Å². The zero-order valence-electron chi connectivity index (χ0n) is 17.1. The molecular weight excluding hydrogens is 428 g/mol. The van der Waals surface area contributed by atoms with Crippen molar-refractivity contribution in [1.82, 2.24) is 0 Å². The van der Waals surface area contributed by atoms with Gasteiger partial charge in [0.2, 0.25) is 0 Å². The smallest absolute Gasteiger partial charge is 0.340 e. The van der Waals surface area contributed by atoms with Gasteiger partial charge in [0.1, 0.15) is 11.5 Å². The lowest BCUT2D eigenvalue weighted by molar-refractivity contribution is 0.0517. The van der Waals surface area contributed by atoms with Crippen LogP contribution in [0.5, 0.6) is 11.5 Å². The lowest BCUT2D eigenvalue weighted by Gasteiger charge is -2.14. The second-order valence-electron chi connectivity index (χ2n) is 5.78. The second kappa shape index (κ2) is 10.9. The van der Waals surface area contributed by atoms with Crippen LogP contribution in [0.2, 0.25) is 0 Å². The minimum Gasteiger partial charge on any atom is -0.497 e. The lowest BCUT2D eigenvalue weighted by Crippen LogP contribution is -2.09. The maximum atomic E-state index is 12.2. The largest absolute Gasteiger partial charge is 0.497 e. The summed E-state index contributed by atoms with van der Waals surface area (Å²) in [4.78, 5) is 25.6. The summed E-state index contributed by atoms with van der Waals surface area (Å²) in [6, 6.07) is 6.47. The molecule has 0 saturated heterocycles. The first-order valence-electron chi connectivity index (χ1n) is 8.99. The monoisotopic (exact) mass is 452 g/mol. The molecule has 0 aliphatic carbocycles. The molecule has 10 heteroatoms. The van der Waals surface area contributed by atoms with Crippen molar-refractivity contribution in [2.24, 2.45) is 0 Å². The molecule has 2 aromatic carbocycles. The van der Waals surface area contributed by atoms with Crippen molar-refractivity contribution in [2.45, 2.75) is 23.6 Å². The van der Waals surface area contributed by atoms with Crippen LogP contribution in [0.15, 0.2) is 34.1 Å². The van der Waals surface area contributed by atoms with Crippen molar-refractivity contribution in [3.05, 3.63) is 35.4 Å². The summed E-state index contributed by atoms with van der Waals surface area (Å²) in [5, 5.41) is 0. The van der Waals surface area contributed by atoms with E-state index in [2.05, 4.69) is 0 Å². The minimum atomic E-state index is -0.536. The normalized spacial score (nSPS) is 10.4. The Bertz CT molecular complexity index is 860. The van der Waals surface area contributed by atoms with E-state index in [1.165, 1.54) is 47.9 Å². The summed E-state index contributed by atoms with van der Waals surface area (Å²) in [6.45, 7) is 3.88. The van der Waals surface area contributed by atoms with E-state index in [1.54, 1.807) is 26.0 Å². The van der Waals surface area contributed by atoms with E-state index >= 15 is 0 Å². The average Bonchev–Trinajstić information content (AvgIpc) is 2.74. The van der Waals surface area contributed by atoms with Crippen LogP contribution >= 0.6 is 21.6 Å². The Hall–Kier alpha value is -2.72. The van der Waals surface area contributed by atoms with Crippen LogP contribution in [0.4, 0.5) is 11.4 Å². The van der Waals surface area contributed by atoms with Gasteiger partial charge in [0.05, 0.1) is 49.9 Å². The number of carbonyl (C=O) groups is 2. The molecule has 0 saturated carbocycles. The molecule has 0 amide bonds. The number of hydrogen-bond donors (Lipinski definition) is 2. The predicted molar refractivity (Wildman–Crippen MR) is 118 cm³/mol. The van der Waals surface area contributed by atoms with E-state index in [1.807, 2.05) is 0 Å². The van der Waals surface area contributed by atoms with Crippen LogP contribution < -0.4 is 20.9 Å². The van der Waals surface area contributed by atoms with Crippen LogP contribution in [-0.4, -0.2) is 39.4 Å². The second-order valence-corrected chi connectivity index (χ2v) is 7.99. The Morgan fingerprint density at radius 1 is 0.767 bits per heavy atom. The maximum absolute atomic E-state index is 12.2. The zero-order valence-corrected chi connectivity index (χ0v) is 18.8. The van der Waals surface area contributed by atoms with Crippen molar-refractivity contribution in [2.75, 3.05) is 38.9 Å². The number of rotatable bonds is 9. The van der Waals surface area contributed by atoms with Crippen LogP contribution in [0, 0.1) is 0 Å². The van der Waals surface area contributed by atoms with Crippen LogP contribution in [0.25, 0.3) is 0 Å². The van der Waals surface area contributed by atoms with E-state index < -0.39 is 11.9 Å². The van der Waals surface area contributed by atoms with Gasteiger partial charge < -0.3 is 30.4 Å². The molecule has 0 radical (unpaired) electrons. The Balaban J connectivity index is 2.39. The molecule has 0 unspecified atom stereocenters. The molecule has 0 aliphatic rings. The van der Waals surface area contributed by atoms with E-state index in [0.717, 1.165) is 0 Å². The number of methoxy groups -OCH3 is 2. The number of anilines is 2. The summed E-state index contributed by atoms with van der Waals surface area (Å²) in [5.41, 5.74) is 13.3. The molecule has 0 fully saturated rings. The molecule has 2 rings (SSSR count). The summed E-state index contributed by atoms with van der Waals surface area (Å²) < 4.78 is 20.7. The first-order valence-corrected chi connectivity index (χ1v) is 11.1. The summed E-state index contributed by atoms with van der Waals surface area (Å²) in [7, 11) is 5.51. The van der Waals surface area contributed by atoms with Gasteiger partial charge in [-0.2, -0.15) is 0 Å². The molecule has 0 heterocycles. The van der Waals surface area contributed by atoms with Gasteiger partial charge in [-0.15, -0.1) is 0 Å². The Kier molecular flexibility index (Phi) is 8.55. The van der Waals surface area contributed by atoms with Crippen molar-refractivity contribution >= 4 is 44.9 Å². The highest BCUT2D eigenvalue weighted by Crippen LogP contribution is 2.46. The van der Waals surface area contributed by atoms with Crippen molar-refractivity contribution in [3.8, 4) is 11.5 Å². The molecule has 0 atom stereocenters. The number of carbonyl (C=O) groups excluding carboxylic acids is 2. The van der Waals surface area contributed by atoms with E-state index in [0.29, 0.717) is 21.3 Å². The fraction of sp³-hybridized carbons (Fsp3) is 0.300. The highest BCUT2D eigenvalue weighted by molar-refractivity contribution is 8.76. The van der Waals surface area contributed by atoms with Crippen molar-refractivity contribution in [3.63, 3.8) is 0 Å². The third-order valence-electron chi connectivity index (χ3n) is 3.91. The molecule has 30 heavy (non-hydrogen) atoms. The summed E-state index contributed by atoms with van der Waals surface area (Å²) >= 11 is 0. The summed E-state index contributed by atoms with van der Waals surface area (Å²) in [6.07, 6.45) is 0. The fourth-order valence-corrected chi connectivity index (χ4v) is 4.70. The first kappa shape index (κ1) is 23.6. The number of nitrogens with two attached hydrogens (primary N) is 2. The zero-order chi connectivity index (χ0) is 22.3. The molecule has 4 N–H and O–H groups in total. The SMILES string of the molecule is CCOC(=O)c1cc(OC)cc(SSc2cc(OC)cc(C(=O)OCC)c2N)c1N. The number of nitrogen functional groups attached to an aromatic ring is 2. The van der Waals surface area contributed by atoms with Gasteiger partial charge in [0, 0.05) is 9.79 Å². The Labute approximate surface area is 183 Å². The quantitative estimate of drug-likeness (QED) is 0.327. The van der Waals surface area contributed by atoms with E-state index in [-0.39, 0.29) is 35.7 Å². The molecule has 2 aromatic rings. The van der Waals surface area contributed by atoms with Crippen LogP contribution in [0.3, 0.4) is 0 Å². The Morgan fingerprint density at radius 3 is 1.43 bits per heavy atom. The Morgan fingerprint density at radius 2 is 1.13 bits per heavy atom. The molecule has 0 aliphatic heterocycles. The highest BCUT2D eigenvalue weighted by Gasteiger charge is 2.20. The van der Waals surface area contributed by atoms with Gasteiger partial charge in [-0.05, 0) is 38.1 Å². The standard InChI is InChI=1S/C20H24N2O6S2/c1-5-27-19(23)13-7-11(25-3)9-15(17(13)21)29-30-16-10-12(26-4)8-14(18(16)22)20(24)28-6-2/h7-10H,5-6,21-22H2,1-4H3. The van der Waals surface area contributed by atoms with Gasteiger partial charge in [0.25, 0.3) is 0 Å². The van der Waals surface area contributed by atoms with Gasteiger partial charge in [-0.3, -0.25) is 0 Å². The van der Waals surface area contributed by atoms with Crippen LogP contribution in [-0.2, 0) is 9.47 Å². The summed E-state index contributed by atoms with van der Waals surface area (Å²) in [5.74, 6) is -0.153. The van der Waals surface area contributed by atoms with E-state index in [4.69, 9.17) is 30.4 Å². The molecule has 8 nitrogen and oxygen atoms in total. The third-order valence-corrected chi connectivity index (χ3v) is 6.36. The molecule has 0 aromatic heterocycles. The molecule has 0 spiro atoms. The lowest BCUT2D eigenvalue weighted by atomic mass is 10.1. The van der Waals surface area contributed by atoms with Crippen LogP contribution in [0.1, 0.15) is 34.6 Å². The maximum Gasteiger partial charge on any atom is 0.340 e. The highest BCUT2D eigenvalue weighted by atomic mass is 33.1. The third kappa shape index (κ3) is 5.45. The van der Waals surface area contributed by atoms with Crippen molar-refractivity contribution < 1.29 is 28.5 Å². The number of hydrogen-bond acceptors (Lipinski definition) is 10. The number of benzene rings is 2. The predicted octanol–water partition coefficient (Wildman–Crippen LogP) is 4.02. The fourth-order valence-electron chi connectivity index (χ4n) is 2.42. The molecule has 0 bridgehead atoms. The topological polar surface area (TPSA) is 123 Å². The van der Waals surface area contributed by atoms with Gasteiger partial charge in [0.15, 0.2) is 0 Å². The number of ether oxygens (including phenoxy) is 4. The van der Waals surface area contributed by atoms with Gasteiger partial charge in [-0.1, -0.05) is 21.6 Å². The number of esters is 2. The minimum absolute atomic E-state index is 0.213. The van der Waals surface area contributed by atoms with E-state index in [9.17, 15) is 9.59 Å². The van der Waals surface area contributed by atoms with Gasteiger partial charge >= 0.3 is 11.9 Å².